The van der Waals surface area contributed by atoms with Gasteiger partial charge >= 0.3 is 0 Å². The molecule has 0 spiro atoms. The minimum atomic E-state index is 0.631. The summed E-state index contributed by atoms with van der Waals surface area (Å²) in [5, 5.41) is 4.62. The van der Waals surface area contributed by atoms with Gasteiger partial charge in [-0.1, -0.05) is 115 Å². The summed E-state index contributed by atoms with van der Waals surface area (Å²) in [4.78, 5) is 14.9. The van der Waals surface area contributed by atoms with Gasteiger partial charge in [0, 0.05) is 38.4 Å². The summed E-state index contributed by atoms with van der Waals surface area (Å²) in [5.41, 5.74) is 10.4. The summed E-state index contributed by atoms with van der Waals surface area (Å²) in [7, 11) is 0. The highest BCUT2D eigenvalue weighted by Gasteiger charge is 2.19. The average molecular weight is 643 g/mol. The van der Waals surface area contributed by atoms with Gasteiger partial charge in [0.15, 0.2) is 17.5 Å². The van der Waals surface area contributed by atoms with Gasteiger partial charge in [-0.05, 0) is 72.0 Å². The van der Waals surface area contributed by atoms with Gasteiger partial charge in [-0.3, -0.25) is 0 Å². The van der Waals surface area contributed by atoms with Crippen molar-refractivity contribution in [3.63, 3.8) is 0 Å². The Bertz CT molecular complexity index is 2810. The van der Waals surface area contributed by atoms with E-state index >= 15 is 0 Å². The molecule has 0 amide bonds. The van der Waals surface area contributed by atoms with E-state index in [2.05, 4.69) is 132 Å². The fourth-order valence-electron chi connectivity index (χ4n) is 7.35. The maximum atomic E-state index is 6.57. The van der Waals surface area contributed by atoms with Crippen LogP contribution in [0.4, 0.5) is 0 Å². The third-order valence-corrected chi connectivity index (χ3v) is 9.72. The Morgan fingerprint density at radius 2 is 1.24 bits per heavy atom. The van der Waals surface area contributed by atoms with E-state index < -0.39 is 0 Å². The number of hydrogen-bond acceptors (Lipinski definition) is 4. The second-order valence-corrected chi connectivity index (χ2v) is 12.7. The van der Waals surface area contributed by atoms with Gasteiger partial charge in [-0.15, -0.1) is 0 Å². The van der Waals surface area contributed by atoms with Crippen molar-refractivity contribution < 1.29 is 4.42 Å². The number of benzene rings is 6. The van der Waals surface area contributed by atoms with Gasteiger partial charge in [0.05, 0.1) is 11.0 Å². The lowest BCUT2D eigenvalue weighted by molar-refractivity contribution is 0.669. The molecule has 1 aliphatic carbocycles. The molecule has 0 saturated carbocycles. The number of aromatic nitrogens is 4. The van der Waals surface area contributed by atoms with Crippen LogP contribution in [0.1, 0.15) is 18.7 Å². The molecule has 0 atom stereocenters. The summed E-state index contributed by atoms with van der Waals surface area (Å²) < 4.78 is 8.93. The van der Waals surface area contributed by atoms with Gasteiger partial charge in [-0.25, -0.2) is 15.0 Å². The van der Waals surface area contributed by atoms with E-state index in [-0.39, 0.29) is 0 Å². The van der Waals surface area contributed by atoms with Crippen LogP contribution in [0, 0.1) is 0 Å². The summed E-state index contributed by atoms with van der Waals surface area (Å²) in [6, 6.07) is 48.8. The predicted molar refractivity (Wildman–Crippen MR) is 204 cm³/mol. The van der Waals surface area contributed by atoms with Crippen LogP contribution in [0.3, 0.4) is 0 Å². The predicted octanol–water partition coefficient (Wildman–Crippen LogP) is 11.6. The molecule has 9 aromatic rings. The molecule has 3 heterocycles. The van der Waals surface area contributed by atoms with Crippen molar-refractivity contribution in [3.8, 4) is 39.6 Å². The lowest BCUT2D eigenvalue weighted by atomic mass is 9.98. The van der Waals surface area contributed by atoms with Crippen LogP contribution in [0.5, 0.6) is 0 Å². The van der Waals surface area contributed by atoms with Gasteiger partial charge in [-0.2, -0.15) is 0 Å². The van der Waals surface area contributed by atoms with E-state index in [9.17, 15) is 0 Å². The van der Waals surface area contributed by atoms with E-state index in [1.54, 1.807) is 0 Å². The molecule has 10 rings (SSSR count). The SMILES string of the molecule is C1=CCCC(c2nc(-c3ccccc3)nc(-c3ccc4c(c3)oc3cccc(-c5ccc6c7ccccc7n(-c7ccccc7)c6c5)c34)n2)=C1. The van der Waals surface area contributed by atoms with Crippen LogP contribution >= 0.6 is 0 Å². The zero-order chi connectivity index (χ0) is 33.0. The van der Waals surface area contributed by atoms with E-state index in [0.29, 0.717) is 17.5 Å². The lowest BCUT2D eigenvalue weighted by Gasteiger charge is -2.11. The van der Waals surface area contributed by atoms with E-state index in [1.807, 2.05) is 30.3 Å². The Morgan fingerprint density at radius 3 is 2.08 bits per heavy atom. The molecule has 0 saturated heterocycles. The first-order valence-electron chi connectivity index (χ1n) is 17.0. The quantitative estimate of drug-likeness (QED) is 0.187. The number of furan rings is 1. The van der Waals surface area contributed by atoms with Crippen molar-refractivity contribution in [3.05, 3.63) is 164 Å². The zero-order valence-corrected chi connectivity index (χ0v) is 27.1. The van der Waals surface area contributed by atoms with Crippen molar-refractivity contribution in [1.29, 1.82) is 0 Å². The zero-order valence-electron chi connectivity index (χ0n) is 27.1. The summed E-state index contributed by atoms with van der Waals surface area (Å²) in [6.45, 7) is 0. The van der Waals surface area contributed by atoms with E-state index in [4.69, 9.17) is 19.4 Å². The Balaban J connectivity index is 1.13. The van der Waals surface area contributed by atoms with Crippen LogP contribution < -0.4 is 0 Å². The molecule has 5 nitrogen and oxygen atoms in total. The number of allylic oxidation sites excluding steroid dienone is 4. The molecule has 50 heavy (non-hydrogen) atoms. The van der Waals surface area contributed by atoms with Crippen molar-refractivity contribution in [1.82, 2.24) is 19.5 Å². The van der Waals surface area contributed by atoms with Gasteiger partial charge in [0.2, 0.25) is 0 Å². The van der Waals surface area contributed by atoms with Crippen molar-refractivity contribution in [2.45, 2.75) is 12.8 Å². The fourth-order valence-corrected chi connectivity index (χ4v) is 7.35. The number of nitrogens with zero attached hydrogens (tertiary/aromatic N) is 4. The maximum absolute atomic E-state index is 6.57. The fraction of sp³-hybridized carbons (Fsp3) is 0.0444. The van der Waals surface area contributed by atoms with Gasteiger partial charge in [0.1, 0.15) is 11.2 Å². The standard InChI is InChI=1S/C45H30N4O/c1-4-13-29(14-5-1)43-46-44(30-15-6-2-7-16-30)48-45(47-43)32-24-26-37-41(28-32)50-40-22-12-20-34(42(37)40)31-23-25-36-35-19-10-11-21-38(35)49(39(36)27-31)33-17-8-3-9-18-33/h1-6,8-15,17-28H,7,16H2. The average Bonchev–Trinajstić information content (AvgIpc) is 3.74. The van der Waals surface area contributed by atoms with Crippen LogP contribution in [-0.4, -0.2) is 19.5 Å². The minimum Gasteiger partial charge on any atom is -0.456 e. The Kier molecular flexibility index (Phi) is 6.56. The lowest BCUT2D eigenvalue weighted by Crippen LogP contribution is -2.03. The van der Waals surface area contributed by atoms with Crippen LogP contribution in [0.25, 0.3) is 88.9 Å². The molecular weight excluding hydrogens is 613 g/mol. The first-order chi connectivity index (χ1) is 24.8. The third-order valence-electron chi connectivity index (χ3n) is 9.72. The molecule has 0 N–H and O–H groups in total. The number of rotatable bonds is 5. The topological polar surface area (TPSA) is 56.7 Å². The third kappa shape index (κ3) is 4.66. The molecule has 0 bridgehead atoms. The molecular formula is C45H30N4O. The van der Waals surface area contributed by atoms with Crippen molar-refractivity contribution >= 4 is 49.3 Å². The summed E-state index contributed by atoms with van der Waals surface area (Å²) in [6.07, 6.45) is 8.24. The highest BCUT2D eigenvalue weighted by molar-refractivity contribution is 6.15. The first kappa shape index (κ1) is 28.4. The second-order valence-electron chi connectivity index (χ2n) is 12.7. The molecule has 0 aliphatic heterocycles. The molecule has 5 heteroatoms. The number of hydrogen-bond donors (Lipinski definition) is 0. The van der Waals surface area contributed by atoms with Crippen LogP contribution in [0.15, 0.2) is 162 Å². The van der Waals surface area contributed by atoms with Gasteiger partial charge in [0.25, 0.3) is 0 Å². The second kappa shape index (κ2) is 11.5. The first-order valence-corrected chi connectivity index (χ1v) is 17.0. The van der Waals surface area contributed by atoms with E-state index in [1.165, 1.54) is 21.8 Å². The largest absolute Gasteiger partial charge is 0.456 e. The maximum Gasteiger partial charge on any atom is 0.164 e. The molecule has 1 aliphatic rings. The van der Waals surface area contributed by atoms with E-state index in [0.717, 1.165) is 68.3 Å². The molecule has 0 fully saturated rings. The molecule has 6 aromatic carbocycles. The van der Waals surface area contributed by atoms with Crippen LogP contribution in [-0.2, 0) is 0 Å². The summed E-state index contributed by atoms with van der Waals surface area (Å²) in [5.74, 6) is 2.01. The molecule has 3 aromatic heterocycles. The van der Waals surface area contributed by atoms with Crippen LogP contribution in [0.2, 0.25) is 0 Å². The molecule has 236 valence electrons. The monoisotopic (exact) mass is 642 g/mol. The molecule has 0 radical (unpaired) electrons. The summed E-state index contributed by atoms with van der Waals surface area (Å²) >= 11 is 0. The highest BCUT2D eigenvalue weighted by atomic mass is 16.3. The smallest absolute Gasteiger partial charge is 0.164 e. The Morgan fingerprint density at radius 1 is 0.520 bits per heavy atom. The molecule has 0 unspecified atom stereocenters. The Labute approximate surface area is 288 Å². The van der Waals surface area contributed by atoms with Gasteiger partial charge < -0.3 is 8.98 Å². The number of fused-ring (bicyclic) bond motifs is 6. The van der Waals surface area contributed by atoms with Crippen molar-refractivity contribution in [2.24, 2.45) is 0 Å². The highest BCUT2D eigenvalue weighted by Crippen LogP contribution is 2.41. The number of para-hydroxylation sites is 2. The van der Waals surface area contributed by atoms with Crippen molar-refractivity contribution in [2.75, 3.05) is 0 Å². The Hall–Kier alpha value is -6.59. The normalized spacial score (nSPS) is 13.1. The minimum absolute atomic E-state index is 0.631.